The van der Waals surface area contributed by atoms with Gasteiger partial charge in [0, 0.05) is 29.0 Å². The molecule has 2 aromatic rings. The van der Waals surface area contributed by atoms with Crippen molar-refractivity contribution in [1.82, 2.24) is 10.3 Å². The monoisotopic (exact) mass is 296 g/mol. The molecular weight excluding hydrogens is 278 g/mol. The van der Waals surface area contributed by atoms with Crippen LogP contribution in [0.25, 0.3) is 0 Å². The number of hydrogen-bond donors (Lipinski definition) is 1. The maximum absolute atomic E-state index is 14.0. The van der Waals surface area contributed by atoms with E-state index < -0.39 is 11.6 Å². The van der Waals surface area contributed by atoms with Crippen molar-refractivity contribution < 1.29 is 8.78 Å². The zero-order valence-corrected chi connectivity index (χ0v) is 12.9. The van der Waals surface area contributed by atoms with E-state index in [2.05, 4.69) is 10.3 Å². The van der Waals surface area contributed by atoms with Crippen LogP contribution in [0, 0.1) is 32.4 Å². The van der Waals surface area contributed by atoms with Crippen molar-refractivity contribution in [2.45, 2.75) is 33.2 Å². The van der Waals surface area contributed by atoms with Crippen LogP contribution in [-0.2, 0) is 6.42 Å². The summed E-state index contributed by atoms with van der Waals surface area (Å²) in [5.41, 5.74) is 1.95. The smallest absolute Gasteiger partial charge is 0.130 e. The Balaban J connectivity index is 2.30. The van der Waals surface area contributed by atoms with E-state index in [1.165, 1.54) is 4.88 Å². The van der Waals surface area contributed by atoms with Crippen LogP contribution in [0.15, 0.2) is 12.1 Å². The number of aromatic nitrogens is 1. The van der Waals surface area contributed by atoms with Crippen LogP contribution in [0.5, 0.6) is 0 Å². The van der Waals surface area contributed by atoms with Crippen molar-refractivity contribution in [3.63, 3.8) is 0 Å². The number of hydrogen-bond acceptors (Lipinski definition) is 3. The number of likely N-dealkylation sites (N-methyl/N-ethyl adjacent to an activating group) is 1. The number of rotatable bonds is 4. The summed E-state index contributed by atoms with van der Waals surface area (Å²) < 4.78 is 27.3. The Morgan fingerprint density at radius 1 is 1.20 bits per heavy atom. The molecule has 1 aromatic heterocycles. The maximum Gasteiger partial charge on any atom is 0.130 e. The van der Waals surface area contributed by atoms with E-state index in [0.717, 1.165) is 16.8 Å². The lowest BCUT2D eigenvalue weighted by Gasteiger charge is -2.17. The summed E-state index contributed by atoms with van der Waals surface area (Å²) in [7, 11) is 1.77. The van der Waals surface area contributed by atoms with Gasteiger partial charge in [-0.15, -0.1) is 11.3 Å². The van der Waals surface area contributed by atoms with Crippen LogP contribution in [0.4, 0.5) is 8.78 Å². The molecule has 0 spiro atoms. The van der Waals surface area contributed by atoms with E-state index in [0.29, 0.717) is 17.5 Å². The second-order valence-electron chi connectivity index (χ2n) is 4.92. The quantitative estimate of drug-likeness (QED) is 0.927. The van der Waals surface area contributed by atoms with E-state index in [1.54, 1.807) is 31.4 Å². The highest BCUT2D eigenvalue weighted by atomic mass is 32.1. The molecule has 0 aliphatic heterocycles. The van der Waals surface area contributed by atoms with Crippen molar-refractivity contribution in [1.29, 1.82) is 0 Å². The molecular formula is C15H18F2N2S. The number of benzene rings is 1. The summed E-state index contributed by atoms with van der Waals surface area (Å²) in [6.07, 6.45) is 0.595. The molecule has 1 unspecified atom stereocenters. The normalized spacial score (nSPS) is 12.7. The number of nitrogens with zero attached hydrogens (tertiary/aromatic N) is 1. The Hall–Kier alpha value is -1.33. The Morgan fingerprint density at radius 3 is 2.45 bits per heavy atom. The van der Waals surface area contributed by atoms with Gasteiger partial charge < -0.3 is 5.32 Å². The van der Waals surface area contributed by atoms with Crippen molar-refractivity contribution in [2.24, 2.45) is 0 Å². The lowest BCUT2D eigenvalue weighted by Crippen LogP contribution is -2.20. The van der Waals surface area contributed by atoms with Gasteiger partial charge in [0.15, 0.2) is 0 Å². The van der Waals surface area contributed by atoms with E-state index in [4.69, 9.17) is 0 Å². The highest BCUT2D eigenvalue weighted by Crippen LogP contribution is 2.26. The minimum absolute atomic E-state index is 0.209. The molecule has 20 heavy (non-hydrogen) atoms. The van der Waals surface area contributed by atoms with Crippen molar-refractivity contribution in [3.05, 3.63) is 50.5 Å². The van der Waals surface area contributed by atoms with E-state index >= 15 is 0 Å². The first-order valence-electron chi connectivity index (χ1n) is 6.48. The number of halogens is 2. The van der Waals surface area contributed by atoms with E-state index in [9.17, 15) is 8.78 Å². The summed E-state index contributed by atoms with van der Waals surface area (Å²) in [4.78, 5) is 5.65. The van der Waals surface area contributed by atoms with E-state index in [1.807, 2.05) is 13.8 Å². The standard InChI is InChI=1S/C15H18F2N2S/c1-8-5-11(13(17)6-12(8)16)14(18-4)7-15-19-9(2)10(3)20-15/h5-6,14,18H,7H2,1-4H3. The van der Waals surface area contributed by atoms with Gasteiger partial charge in [0.05, 0.1) is 10.7 Å². The van der Waals surface area contributed by atoms with Crippen molar-refractivity contribution >= 4 is 11.3 Å². The van der Waals surface area contributed by atoms with Gasteiger partial charge in [-0.1, -0.05) is 0 Å². The highest BCUT2D eigenvalue weighted by molar-refractivity contribution is 7.11. The molecule has 0 bridgehead atoms. The lowest BCUT2D eigenvalue weighted by molar-refractivity contribution is 0.518. The van der Waals surface area contributed by atoms with Gasteiger partial charge in [0.25, 0.3) is 0 Å². The van der Waals surface area contributed by atoms with Gasteiger partial charge in [-0.3, -0.25) is 0 Å². The zero-order valence-electron chi connectivity index (χ0n) is 12.1. The van der Waals surface area contributed by atoms with Crippen LogP contribution >= 0.6 is 11.3 Å². The molecule has 1 atom stereocenters. The summed E-state index contributed by atoms with van der Waals surface area (Å²) in [6.45, 7) is 5.63. The predicted octanol–water partition coefficient (Wildman–Crippen LogP) is 3.85. The molecule has 1 aromatic carbocycles. The van der Waals surface area contributed by atoms with Gasteiger partial charge in [0.1, 0.15) is 11.6 Å². The third-order valence-electron chi connectivity index (χ3n) is 3.45. The number of thiazole rings is 1. The summed E-state index contributed by atoms with van der Waals surface area (Å²) >= 11 is 1.62. The minimum Gasteiger partial charge on any atom is -0.313 e. The molecule has 1 heterocycles. The Labute approximate surface area is 121 Å². The fraction of sp³-hybridized carbons (Fsp3) is 0.400. The van der Waals surface area contributed by atoms with Crippen molar-refractivity contribution in [2.75, 3.05) is 7.05 Å². The average Bonchev–Trinajstić information content (AvgIpc) is 2.70. The molecule has 2 nitrogen and oxygen atoms in total. The van der Waals surface area contributed by atoms with Gasteiger partial charge in [-0.05, 0) is 39.4 Å². The molecule has 0 aliphatic carbocycles. The molecule has 0 saturated heterocycles. The molecule has 0 radical (unpaired) electrons. The fourth-order valence-electron chi connectivity index (χ4n) is 2.12. The molecule has 1 N–H and O–H groups in total. The summed E-state index contributed by atoms with van der Waals surface area (Å²) in [6, 6.07) is 2.31. The zero-order chi connectivity index (χ0) is 14.9. The van der Waals surface area contributed by atoms with Crippen LogP contribution in [0.2, 0.25) is 0 Å². The predicted molar refractivity (Wildman–Crippen MR) is 78.2 cm³/mol. The third kappa shape index (κ3) is 3.04. The van der Waals surface area contributed by atoms with Crippen molar-refractivity contribution in [3.8, 4) is 0 Å². The molecule has 0 saturated carbocycles. The van der Waals surface area contributed by atoms with Gasteiger partial charge in [-0.25, -0.2) is 13.8 Å². The van der Waals surface area contributed by atoms with Crippen LogP contribution in [-0.4, -0.2) is 12.0 Å². The summed E-state index contributed by atoms with van der Waals surface area (Å²) in [5.74, 6) is -1.03. The van der Waals surface area contributed by atoms with Gasteiger partial charge in [0.2, 0.25) is 0 Å². The molecule has 0 fully saturated rings. The number of aryl methyl sites for hydroxylation is 3. The second-order valence-corrected chi connectivity index (χ2v) is 6.21. The molecule has 108 valence electrons. The Bertz CT molecular complexity index is 603. The van der Waals surface area contributed by atoms with Crippen LogP contribution in [0.1, 0.15) is 32.7 Å². The molecule has 0 aliphatic rings. The first kappa shape index (κ1) is 15.1. The third-order valence-corrected chi connectivity index (χ3v) is 4.55. The topological polar surface area (TPSA) is 24.9 Å². The Morgan fingerprint density at radius 2 is 1.90 bits per heavy atom. The maximum atomic E-state index is 14.0. The first-order valence-corrected chi connectivity index (χ1v) is 7.29. The lowest BCUT2D eigenvalue weighted by atomic mass is 10.0. The van der Waals surface area contributed by atoms with Gasteiger partial charge >= 0.3 is 0 Å². The number of nitrogens with one attached hydrogen (secondary N) is 1. The SMILES string of the molecule is CNC(Cc1nc(C)c(C)s1)c1cc(C)c(F)cc1F. The van der Waals surface area contributed by atoms with Crippen LogP contribution < -0.4 is 5.32 Å². The first-order chi connectivity index (χ1) is 9.42. The fourth-order valence-corrected chi connectivity index (χ4v) is 3.09. The van der Waals surface area contributed by atoms with E-state index in [-0.39, 0.29) is 6.04 Å². The second kappa shape index (κ2) is 5.97. The molecule has 0 amide bonds. The largest absolute Gasteiger partial charge is 0.313 e. The Kier molecular flexibility index (Phi) is 4.50. The van der Waals surface area contributed by atoms with Crippen LogP contribution in [0.3, 0.4) is 0 Å². The average molecular weight is 296 g/mol. The molecule has 5 heteroatoms. The summed E-state index contributed by atoms with van der Waals surface area (Å²) in [5, 5.41) is 4.05. The minimum atomic E-state index is -0.516. The highest BCUT2D eigenvalue weighted by Gasteiger charge is 2.18. The van der Waals surface area contributed by atoms with Gasteiger partial charge in [-0.2, -0.15) is 0 Å². The molecule has 2 rings (SSSR count).